The van der Waals surface area contributed by atoms with Crippen LogP contribution in [0.5, 0.6) is 0 Å². The van der Waals surface area contributed by atoms with Gasteiger partial charge in [0.1, 0.15) is 0 Å². The van der Waals surface area contributed by atoms with E-state index >= 15 is 0 Å². The first-order valence-corrected chi connectivity index (χ1v) is 6.48. The number of likely N-dealkylation sites (tertiary alicyclic amines) is 1. The summed E-state index contributed by atoms with van der Waals surface area (Å²) in [7, 11) is 0. The van der Waals surface area contributed by atoms with Crippen LogP contribution in [-0.4, -0.2) is 42.6 Å². The Morgan fingerprint density at radius 2 is 1.85 bits per heavy atom. The molecule has 1 heterocycles. The Labute approximate surface area is 115 Å². The fourth-order valence-corrected chi connectivity index (χ4v) is 2.00. The van der Waals surface area contributed by atoms with E-state index in [2.05, 4.69) is 4.84 Å². The zero-order chi connectivity index (χ0) is 15.3. The van der Waals surface area contributed by atoms with Crippen molar-refractivity contribution >= 4 is 11.8 Å². The molecule has 2 amide bonds. The number of nitrogens with zero attached hydrogens (tertiary/aromatic N) is 1. The standard InChI is InChI=1S/C12H19F3N2O3/c1-8(2)11(19)17-5-3-9(4-6-17)10(18)16-20-7-12(13,14)15/h8-9H,3-7H2,1-2H3,(H,16,18). The van der Waals surface area contributed by atoms with E-state index in [4.69, 9.17) is 0 Å². The first-order valence-electron chi connectivity index (χ1n) is 6.48. The van der Waals surface area contributed by atoms with Gasteiger partial charge in [-0.25, -0.2) is 5.48 Å². The van der Waals surface area contributed by atoms with Crippen molar-refractivity contribution in [2.45, 2.75) is 32.9 Å². The number of carbonyl (C=O) groups excluding carboxylic acids is 2. The van der Waals surface area contributed by atoms with Gasteiger partial charge in [0.25, 0.3) is 0 Å². The summed E-state index contributed by atoms with van der Waals surface area (Å²) in [5.74, 6) is -1.06. The van der Waals surface area contributed by atoms with Gasteiger partial charge in [-0.15, -0.1) is 0 Å². The van der Waals surface area contributed by atoms with Gasteiger partial charge < -0.3 is 4.90 Å². The lowest BCUT2D eigenvalue weighted by molar-refractivity contribution is -0.193. The molecule has 0 spiro atoms. The average molecular weight is 296 g/mol. The Balaban J connectivity index is 2.31. The molecule has 116 valence electrons. The maximum Gasteiger partial charge on any atom is 0.414 e. The highest BCUT2D eigenvalue weighted by Gasteiger charge is 2.31. The van der Waals surface area contributed by atoms with E-state index in [-0.39, 0.29) is 11.8 Å². The van der Waals surface area contributed by atoms with Gasteiger partial charge in [0.05, 0.1) is 0 Å². The van der Waals surface area contributed by atoms with Gasteiger partial charge in [0, 0.05) is 24.9 Å². The molecule has 0 aliphatic carbocycles. The summed E-state index contributed by atoms with van der Waals surface area (Å²) >= 11 is 0. The monoisotopic (exact) mass is 296 g/mol. The van der Waals surface area contributed by atoms with Crippen molar-refractivity contribution in [2.24, 2.45) is 11.8 Å². The second-order valence-corrected chi connectivity index (χ2v) is 5.12. The molecule has 1 aliphatic rings. The van der Waals surface area contributed by atoms with Crippen LogP contribution in [0.25, 0.3) is 0 Å². The molecule has 0 aromatic heterocycles. The third kappa shape index (κ3) is 5.36. The van der Waals surface area contributed by atoms with Gasteiger partial charge in [-0.05, 0) is 12.8 Å². The van der Waals surface area contributed by atoms with Crippen LogP contribution >= 0.6 is 0 Å². The van der Waals surface area contributed by atoms with Crippen molar-refractivity contribution in [3.8, 4) is 0 Å². The fraction of sp³-hybridized carbons (Fsp3) is 0.833. The molecule has 0 radical (unpaired) electrons. The smallest absolute Gasteiger partial charge is 0.342 e. The molecule has 20 heavy (non-hydrogen) atoms. The molecule has 0 aromatic carbocycles. The molecule has 0 bridgehead atoms. The minimum atomic E-state index is -4.47. The normalized spacial score (nSPS) is 17.4. The molecule has 0 aromatic rings. The van der Waals surface area contributed by atoms with Crippen LogP contribution in [0.1, 0.15) is 26.7 Å². The van der Waals surface area contributed by atoms with Gasteiger partial charge in [0.2, 0.25) is 11.8 Å². The van der Waals surface area contributed by atoms with E-state index < -0.39 is 24.6 Å². The minimum absolute atomic E-state index is 0.0252. The first kappa shape index (κ1) is 16.7. The highest BCUT2D eigenvalue weighted by molar-refractivity contribution is 5.80. The molecular weight excluding hydrogens is 277 g/mol. The SMILES string of the molecule is CC(C)C(=O)N1CCC(C(=O)NOCC(F)(F)F)CC1. The van der Waals surface area contributed by atoms with Crippen LogP contribution in [0.2, 0.25) is 0 Å². The number of hydroxylamine groups is 1. The molecule has 0 unspecified atom stereocenters. The maximum absolute atomic E-state index is 11.8. The Hall–Kier alpha value is -1.31. The largest absolute Gasteiger partial charge is 0.414 e. The number of hydrogen-bond donors (Lipinski definition) is 1. The summed E-state index contributed by atoms with van der Waals surface area (Å²) in [6.45, 7) is 2.96. The predicted octanol–water partition coefficient (Wildman–Crippen LogP) is 1.49. The maximum atomic E-state index is 11.8. The topological polar surface area (TPSA) is 58.6 Å². The Morgan fingerprint density at radius 1 is 1.30 bits per heavy atom. The first-order chi connectivity index (χ1) is 9.20. The summed E-state index contributed by atoms with van der Waals surface area (Å²) in [5, 5.41) is 0. The van der Waals surface area contributed by atoms with E-state index in [9.17, 15) is 22.8 Å². The van der Waals surface area contributed by atoms with Crippen LogP contribution in [0, 0.1) is 11.8 Å². The van der Waals surface area contributed by atoms with Crippen molar-refractivity contribution in [2.75, 3.05) is 19.7 Å². The Morgan fingerprint density at radius 3 is 2.30 bits per heavy atom. The van der Waals surface area contributed by atoms with Crippen molar-refractivity contribution in [1.29, 1.82) is 0 Å². The summed E-state index contributed by atoms with van der Waals surface area (Å²) in [6.07, 6.45) is -3.61. The lowest BCUT2D eigenvalue weighted by Gasteiger charge is -2.32. The minimum Gasteiger partial charge on any atom is -0.342 e. The van der Waals surface area contributed by atoms with Crippen molar-refractivity contribution < 1.29 is 27.6 Å². The number of hydrogen-bond acceptors (Lipinski definition) is 3. The number of nitrogens with one attached hydrogen (secondary N) is 1. The van der Waals surface area contributed by atoms with Crippen LogP contribution < -0.4 is 5.48 Å². The van der Waals surface area contributed by atoms with Crippen molar-refractivity contribution in [3.63, 3.8) is 0 Å². The van der Waals surface area contributed by atoms with Crippen LogP contribution in [-0.2, 0) is 14.4 Å². The molecule has 5 nitrogen and oxygen atoms in total. The zero-order valence-electron chi connectivity index (χ0n) is 11.5. The third-order valence-corrected chi connectivity index (χ3v) is 3.08. The molecule has 1 aliphatic heterocycles. The second kappa shape index (κ2) is 6.92. The van der Waals surface area contributed by atoms with Crippen LogP contribution in [0.15, 0.2) is 0 Å². The highest BCUT2D eigenvalue weighted by atomic mass is 19.4. The van der Waals surface area contributed by atoms with Gasteiger partial charge in [0.15, 0.2) is 6.61 Å². The van der Waals surface area contributed by atoms with E-state index in [0.717, 1.165) is 0 Å². The van der Waals surface area contributed by atoms with Gasteiger partial charge >= 0.3 is 6.18 Å². The van der Waals surface area contributed by atoms with E-state index in [0.29, 0.717) is 25.9 Å². The predicted molar refractivity (Wildman–Crippen MR) is 64.3 cm³/mol. The summed E-state index contributed by atoms with van der Waals surface area (Å²) in [6, 6.07) is 0. The summed E-state index contributed by atoms with van der Waals surface area (Å²) in [5.41, 5.74) is 1.81. The van der Waals surface area contributed by atoms with E-state index in [1.165, 1.54) is 0 Å². The zero-order valence-corrected chi connectivity index (χ0v) is 11.5. The number of piperidine rings is 1. The van der Waals surface area contributed by atoms with Crippen LogP contribution in [0.3, 0.4) is 0 Å². The molecule has 1 rings (SSSR count). The van der Waals surface area contributed by atoms with E-state index in [1.807, 2.05) is 5.48 Å². The number of alkyl halides is 3. The second-order valence-electron chi connectivity index (χ2n) is 5.12. The molecule has 1 saturated heterocycles. The molecule has 0 saturated carbocycles. The third-order valence-electron chi connectivity index (χ3n) is 3.08. The quantitative estimate of drug-likeness (QED) is 0.800. The van der Waals surface area contributed by atoms with Gasteiger partial charge in [-0.3, -0.25) is 14.4 Å². The molecule has 0 atom stereocenters. The van der Waals surface area contributed by atoms with Crippen molar-refractivity contribution in [3.05, 3.63) is 0 Å². The number of amides is 2. The van der Waals surface area contributed by atoms with Gasteiger partial charge in [-0.2, -0.15) is 13.2 Å². The summed E-state index contributed by atoms with van der Waals surface area (Å²) in [4.78, 5) is 29.1. The summed E-state index contributed by atoms with van der Waals surface area (Å²) < 4.78 is 35.5. The van der Waals surface area contributed by atoms with Gasteiger partial charge in [-0.1, -0.05) is 13.8 Å². The Kier molecular flexibility index (Phi) is 5.79. The molecule has 1 N–H and O–H groups in total. The van der Waals surface area contributed by atoms with Crippen molar-refractivity contribution in [1.82, 2.24) is 10.4 Å². The van der Waals surface area contributed by atoms with Crippen LogP contribution in [0.4, 0.5) is 13.2 Å². The molecular formula is C12H19F3N2O3. The van der Waals surface area contributed by atoms with E-state index in [1.54, 1.807) is 18.7 Å². The lowest BCUT2D eigenvalue weighted by Crippen LogP contribution is -2.44. The number of halogens is 3. The fourth-order valence-electron chi connectivity index (χ4n) is 2.00. The lowest BCUT2D eigenvalue weighted by atomic mass is 9.95. The Bertz CT molecular complexity index is 350. The highest BCUT2D eigenvalue weighted by Crippen LogP contribution is 2.19. The number of rotatable bonds is 4. The number of carbonyl (C=O) groups is 2. The molecule has 1 fully saturated rings. The molecule has 8 heteroatoms. The average Bonchev–Trinajstić information content (AvgIpc) is 2.36.